The SMILES string of the molecule is NC(=O)c1c(Cl)cccc1NC(=O)c1ccnc(Cl)c1. The van der Waals surface area contributed by atoms with Gasteiger partial charge in [0.1, 0.15) is 5.15 Å². The van der Waals surface area contributed by atoms with Gasteiger partial charge in [-0.2, -0.15) is 0 Å². The van der Waals surface area contributed by atoms with Crippen LogP contribution in [-0.4, -0.2) is 16.8 Å². The first-order valence-corrected chi connectivity index (χ1v) is 6.26. The van der Waals surface area contributed by atoms with Gasteiger partial charge < -0.3 is 11.1 Å². The van der Waals surface area contributed by atoms with Gasteiger partial charge in [-0.15, -0.1) is 0 Å². The van der Waals surface area contributed by atoms with Crippen molar-refractivity contribution in [2.24, 2.45) is 5.73 Å². The number of benzene rings is 1. The minimum absolute atomic E-state index is 0.0580. The van der Waals surface area contributed by atoms with E-state index < -0.39 is 11.8 Å². The highest BCUT2D eigenvalue weighted by molar-refractivity contribution is 6.34. The number of primary amides is 1. The molecular formula is C13H9Cl2N3O2. The summed E-state index contributed by atoms with van der Waals surface area (Å²) in [6, 6.07) is 7.55. The van der Waals surface area contributed by atoms with E-state index in [2.05, 4.69) is 10.3 Å². The van der Waals surface area contributed by atoms with E-state index >= 15 is 0 Å². The van der Waals surface area contributed by atoms with E-state index in [9.17, 15) is 9.59 Å². The lowest BCUT2D eigenvalue weighted by Crippen LogP contribution is -2.18. The third kappa shape index (κ3) is 3.07. The first-order valence-electron chi connectivity index (χ1n) is 5.50. The number of aromatic nitrogens is 1. The van der Waals surface area contributed by atoms with Gasteiger partial charge in [-0.05, 0) is 24.3 Å². The van der Waals surface area contributed by atoms with Crippen LogP contribution in [0.4, 0.5) is 5.69 Å². The van der Waals surface area contributed by atoms with Crippen LogP contribution in [0.25, 0.3) is 0 Å². The number of nitrogens with one attached hydrogen (secondary N) is 1. The van der Waals surface area contributed by atoms with Crippen LogP contribution >= 0.6 is 23.2 Å². The molecule has 0 fully saturated rings. The van der Waals surface area contributed by atoms with Gasteiger partial charge in [-0.25, -0.2) is 4.98 Å². The summed E-state index contributed by atoms with van der Waals surface area (Å²) in [5.74, 6) is -1.17. The molecular weight excluding hydrogens is 301 g/mol. The molecule has 3 N–H and O–H groups in total. The van der Waals surface area contributed by atoms with Crippen molar-refractivity contribution >= 4 is 40.7 Å². The number of nitrogens with two attached hydrogens (primary N) is 1. The van der Waals surface area contributed by atoms with Crippen molar-refractivity contribution < 1.29 is 9.59 Å². The monoisotopic (exact) mass is 309 g/mol. The fourth-order valence-corrected chi connectivity index (χ4v) is 2.06. The molecule has 7 heteroatoms. The molecule has 0 bridgehead atoms. The molecule has 0 aliphatic rings. The van der Waals surface area contributed by atoms with Gasteiger partial charge in [-0.1, -0.05) is 29.3 Å². The second-order valence-electron chi connectivity index (χ2n) is 3.85. The molecule has 2 rings (SSSR count). The lowest BCUT2D eigenvalue weighted by atomic mass is 10.1. The zero-order valence-corrected chi connectivity index (χ0v) is 11.6. The fraction of sp³-hybridized carbons (Fsp3) is 0. The number of halogens is 2. The highest BCUT2D eigenvalue weighted by Crippen LogP contribution is 2.24. The Labute approximate surface area is 124 Å². The summed E-state index contributed by atoms with van der Waals surface area (Å²) >= 11 is 11.6. The molecule has 1 heterocycles. The normalized spacial score (nSPS) is 10.1. The molecule has 2 amide bonds. The zero-order chi connectivity index (χ0) is 14.7. The smallest absolute Gasteiger partial charge is 0.255 e. The van der Waals surface area contributed by atoms with E-state index in [0.29, 0.717) is 5.56 Å². The quantitative estimate of drug-likeness (QED) is 0.855. The lowest BCUT2D eigenvalue weighted by Gasteiger charge is -2.10. The van der Waals surface area contributed by atoms with Crippen LogP contribution in [0.15, 0.2) is 36.5 Å². The van der Waals surface area contributed by atoms with Crippen LogP contribution in [0.3, 0.4) is 0 Å². The maximum Gasteiger partial charge on any atom is 0.255 e. The zero-order valence-electron chi connectivity index (χ0n) is 10.1. The van der Waals surface area contributed by atoms with Crippen LogP contribution < -0.4 is 11.1 Å². The predicted molar refractivity (Wildman–Crippen MR) is 77.2 cm³/mol. The van der Waals surface area contributed by atoms with Gasteiger partial charge in [-0.3, -0.25) is 9.59 Å². The van der Waals surface area contributed by atoms with Crippen molar-refractivity contribution in [1.29, 1.82) is 0 Å². The molecule has 20 heavy (non-hydrogen) atoms. The van der Waals surface area contributed by atoms with Crippen LogP contribution in [0.5, 0.6) is 0 Å². The van der Waals surface area contributed by atoms with Crippen LogP contribution in [0.1, 0.15) is 20.7 Å². The predicted octanol–water partition coefficient (Wildman–Crippen LogP) is 2.74. The van der Waals surface area contributed by atoms with Crippen molar-refractivity contribution in [3.05, 3.63) is 57.8 Å². The number of carbonyl (C=O) groups excluding carboxylic acids is 2. The number of nitrogens with zero attached hydrogens (tertiary/aromatic N) is 1. The van der Waals surface area contributed by atoms with E-state index in [1.165, 1.54) is 30.5 Å². The maximum atomic E-state index is 12.1. The molecule has 0 atom stereocenters. The van der Waals surface area contributed by atoms with Crippen LogP contribution in [0.2, 0.25) is 10.2 Å². The van der Waals surface area contributed by atoms with Gasteiger partial charge in [0.15, 0.2) is 0 Å². The first-order chi connectivity index (χ1) is 9.49. The number of amides is 2. The molecule has 0 spiro atoms. The molecule has 1 aromatic heterocycles. The standard InChI is InChI=1S/C13H9Cl2N3O2/c14-8-2-1-3-9(11(8)12(16)19)18-13(20)7-4-5-17-10(15)6-7/h1-6H,(H2,16,19)(H,18,20). The Bertz CT molecular complexity index is 689. The van der Waals surface area contributed by atoms with E-state index in [1.54, 1.807) is 6.07 Å². The molecule has 0 aliphatic carbocycles. The minimum atomic E-state index is -0.723. The van der Waals surface area contributed by atoms with E-state index in [1.807, 2.05) is 0 Å². The summed E-state index contributed by atoms with van der Waals surface area (Å²) in [6.07, 6.45) is 1.41. The molecule has 5 nitrogen and oxygen atoms in total. The second kappa shape index (κ2) is 5.90. The molecule has 102 valence electrons. The highest BCUT2D eigenvalue weighted by Gasteiger charge is 2.15. The summed E-state index contributed by atoms with van der Waals surface area (Å²) in [7, 11) is 0. The largest absolute Gasteiger partial charge is 0.365 e. The van der Waals surface area contributed by atoms with Gasteiger partial charge in [0.2, 0.25) is 0 Å². The van der Waals surface area contributed by atoms with E-state index in [4.69, 9.17) is 28.9 Å². The highest BCUT2D eigenvalue weighted by atomic mass is 35.5. The van der Waals surface area contributed by atoms with Gasteiger partial charge >= 0.3 is 0 Å². The second-order valence-corrected chi connectivity index (χ2v) is 4.64. The Morgan fingerprint density at radius 2 is 1.95 bits per heavy atom. The average molecular weight is 310 g/mol. The van der Waals surface area contributed by atoms with Crippen molar-refractivity contribution in [2.75, 3.05) is 5.32 Å². The average Bonchev–Trinajstić information content (AvgIpc) is 2.38. The lowest BCUT2D eigenvalue weighted by molar-refractivity contribution is 0.100. The topological polar surface area (TPSA) is 85.1 Å². The molecule has 1 aromatic carbocycles. The van der Waals surface area contributed by atoms with Crippen molar-refractivity contribution in [3.63, 3.8) is 0 Å². The number of hydrogen-bond acceptors (Lipinski definition) is 3. The number of carbonyl (C=O) groups is 2. The third-order valence-corrected chi connectivity index (χ3v) is 3.02. The number of rotatable bonds is 3. The van der Waals surface area contributed by atoms with E-state index in [0.717, 1.165) is 0 Å². The third-order valence-electron chi connectivity index (χ3n) is 2.50. The van der Waals surface area contributed by atoms with Gasteiger partial charge in [0, 0.05) is 11.8 Å². The summed E-state index contributed by atoms with van der Waals surface area (Å²) < 4.78 is 0. The number of hydrogen-bond donors (Lipinski definition) is 2. The Balaban J connectivity index is 2.33. The number of pyridine rings is 1. The Hall–Kier alpha value is -2.11. The van der Waals surface area contributed by atoms with Crippen molar-refractivity contribution in [1.82, 2.24) is 4.98 Å². The first kappa shape index (κ1) is 14.3. The van der Waals surface area contributed by atoms with E-state index in [-0.39, 0.29) is 21.4 Å². The Morgan fingerprint density at radius 1 is 1.20 bits per heavy atom. The number of anilines is 1. The van der Waals surface area contributed by atoms with Gasteiger partial charge in [0.05, 0.1) is 16.3 Å². The fourth-order valence-electron chi connectivity index (χ4n) is 1.62. The van der Waals surface area contributed by atoms with Crippen molar-refractivity contribution in [2.45, 2.75) is 0 Å². The van der Waals surface area contributed by atoms with Crippen LogP contribution in [0, 0.1) is 0 Å². The molecule has 0 radical (unpaired) electrons. The Kier molecular flexibility index (Phi) is 4.22. The maximum absolute atomic E-state index is 12.1. The summed E-state index contributed by atoms with van der Waals surface area (Å²) in [5.41, 5.74) is 5.85. The summed E-state index contributed by atoms with van der Waals surface area (Å²) in [4.78, 5) is 27.2. The molecule has 0 unspecified atom stereocenters. The Morgan fingerprint density at radius 3 is 2.60 bits per heavy atom. The summed E-state index contributed by atoms with van der Waals surface area (Å²) in [6.45, 7) is 0. The molecule has 0 aliphatic heterocycles. The minimum Gasteiger partial charge on any atom is -0.365 e. The van der Waals surface area contributed by atoms with Crippen molar-refractivity contribution in [3.8, 4) is 0 Å². The van der Waals surface area contributed by atoms with Gasteiger partial charge in [0.25, 0.3) is 11.8 Å². The molecule has 0 saturated heterocycles. The van der Waals surface area contributed by atoms with Crippen LogP contribution in [-0.2, 0) is 0 Å². The molecule has 0 saturated carbocycles. The summed E-state index contributed by atoms with van der Waals surface area (Å²) in [5, 5.41) is 2.93. The molecule has 2 aromatic rings.